The quantitative estimate of drug-likeness (QED) is 0.524. The van der Waals surface area contributed by atoms with Crippen molar-refractivity contribution in [2.24, 2.45) is 0 Å². The van der Waals surface area contributed by atoms with Gasteiger partial charge in [-0.2, -0.15) is 0 Å². The lowest BCUT2D eigenvalue weighted by molar-refractivity contribution is 0.315. The van der Waals surface area contributed by atoms with E-state index in [0.29, 0.717) is 12.3 Å². The van der Waals surface area contributed by atoms with Crippen molar-refractivity contribution in [1.82, 2.24) is 9.80 Å². The van der Waals surface area contributed by atoms with Crippen molar-refractivity contribution in [3.63, 3.8) is 0 Å². The summed E-state index contributed by atoms with van der Waals surface area (Å²) in [4.78, 5) is 4.48. The first kappa shape index (κ1) is 22.9. The van der Waals surface area contributed by atoms with E-state index in [1.807, 2.05) is 24.3 Å². The Morgan fingerprint density at radius 3 is 1.67 bits per heavy atom. The van der Waals surface area contributed by atoms with Crippen molar-refractivity contribution in [3.8, 4) is 5.75 Å². The zero-order valence-electron chi connectivity index (χ0n) is 17.4. The second-order valence-electron chi connectivity index (χ2n) is 7.94. The second-order valence-corrected chi connectivity index (χ2v) is 7.94. The SMILES string of the molecule is C=CCN(CC=C)Cc1cc(CN(CC=C)CC=C)c(O)c(C(C)(C)C)c1. The van der Waals surface area contributed by atoms with Crippen LogP contribution in [0.5, 0.6) is 5.75 Å². The topological polar surface area (TPSA) is 26.7 Å². The van der Waals surface area contributed by atoms with E-state index < -0.39 is 0 Å². The van der Waals surface area contributed by atoms with Gasteiger partial charge < -0.3 is 5.11 Å². The summed E-state index contributed by atoms with van der Waals surface area (Å²) in [5.74, 6) is 0.392. The fourth-order valence-corrected chi connectivity index (χ4v) is 3.18. The highest BCUT2D eigenvalue weighted by Crippen LogP contribution is 2.35. The van der Waals surface area contributed by atoms with E-state index in [0.717, 1.165) is 43.9 Å². The lowest BCUT2D eigenvalue weighted by Gasteiger charge is -2.27. The summed E-state index contributed by atoms with van der Waals surface area (Å²) < 4.78 is 0. The van der Waals surface area contributed by atoms with E-state index in [9.17, 15) is 5.11 Å². The molecule has 0 unspecified atom stereocenters. The maximum Gasteiger partial charge on any atom is 0.123 e. The van der Waals surface area contributed by atoms with Gasteiger partial charge in [0, 0.05) is 44.8 Å². The molecule has 0 saturated heterocycles. The van der Waals surface area contributed by atoms with Crippen LogP contribution in [0.3, 0.4) is 0 Å². The Balaban J connectivity index is 3.31. The summed E-state index contributed by atoms with van der Waals surface area (Å²) >= 11 is 0. The third-order valence-corrected chi connectivity index (χ3v) is 4.41. The summed E-state index contributed by atoms with van der Waals surface area (Å²) in [6.07, 6.45) is 7.58. The minimum atomic E-state index is -0.141. The van der Waals surface area contributed by atoms with Crippen LogP contribution in [-0.4, -0.2) is 41.1 Å². The number of phenolic OH excluding ortho intramolecular Hbond substituents is 1. The molecule has 3 nitrogen and oxygen atoms in total. The molecule has 0 fully saturated rings. The number of hydrogen-bond acceptors (Lipinski definition) is 3. The van der Waals surface area contributed by atoms with E-state index in [4.69, 9.17) is 0 Å². The number of rotatable bonds is 12. The summed E-state index contributed by atoms with van der Waals surface area (Å²) in [6, 6.07) is 4.24. The molecule has 0 spiro atoms. The van der Waals surface area contributed by atoms with E-state index in [2.05, 4.69) is 69.0 Å². The standard InChI is InChI=1S/C24H36N2O/c1-8-12-25(13-9-2)18-20-16-21(19-26(14-10-3)15-11-4)23(27)22(17-20)24(5,6)7/h8-11,16-17,27H,1-4,12-15,18-19H2,5-7H3. The largest absolute Gasteiger partial charge is 0.507 e. The van der Waals surface area contributed by atoms with Crippen LogP contribution in [0, 0.1) is 0 Å². The van der Waals surface area contributed by atoms with Crippen molar-refractivity contribution in [1.29, 1.82) is 0 Å². The molecule has 27 heavy (non-hydrogen) atoms. The normalized spacial score (nSPS) is 11.6. The minimum absolute atomic E-state index is 0.141. The molecule has 0 aliphatic carbocycles. The Hall–Kier alpha value is -2.10. The third kappa shape index (κ3) is 7.20. The van der Waals surface area contributed by atoms with Gasteiger partial charge >= 0.3 is 0 Å². The summed E-state index contributed by atoms with van der Waals surface area (Å²) in [6.45, 7) is 26.3. The lowest BCUT2D eigenvalue weighted by Crippen LogP contribution is -2.26. The van der Waals surface area contributed by atoms with Crippen LogP contribution in [0.25, 0.3) is 0 Å². The number of benzene rings is 1. The number of nitrogens with zero attached hydrogens (tertiary/aromatic N) is 2. The van der Waals surface area contributed by atoms with Crippen LogP contribution >= 0.6 is 0 Å². The number of aromatic hydroxyl groups is 1. The molecule has 0 bridgehead atoms. The van der Waals surface area contributed by atoms with Gasteiger partial charge in [0.2, 0.25) is 0 Å². The van der Waals surface area contributed by atoms with Gasteiger partial charge in [0.05, 0.1) is 0 Å². The molecule has 3 heteroatoms. The minimum Gasteiger partial charge on any atom is -0.507 e. The zero-order valence-corrected chi connectivity index (χ0v) is 17.4. The third-order valence-electron chi connectivity index (χ3n) is 4.41. The molecule has 0 aliphatic heterocycles. The summed E-state index contributed by atoms with van der Waals surface area (Å²) in [5.41, 5.74) is 2.97. The van der Waals surface area contributed by atoms with Gasteiger partial charge in [-0.05, 0) is 22.6 Å². The van der Waals surface area contributed by atoms with Gasteiger partial charge in [-0.3, -0.25) is 9.80 Å². The Labute approximate surface area is 166 Å². The van der Waals surface area contributed by atoms with Gasteiger partial charge in [0.25, 0.3) is 0 Å². The first-order valence-corrected chi connectivity index (χ1v) is 9.50. The molecule has 0 heterocycles. The molecular weight excluding hydrogens is 332 g/mol. The fourth-order valence-electron chi connectivity index (χ4n) is 3.18. The van der Waals surface area contributed by atoms with Gasteiger partial charge in [0.15, 0.2) is 0 Å². The van der Waals surface area contributed by atoms with Crippen LogP contribution in [0.1, 0.15) is 37.5 Å². The molecule has 1 N–H and O–H groups in total. The molecule has 1 rings (SSSR count). The van der Waals surface area contributed by atoms with Crippen molar-refractivity contribution in [3.05, 3.63) is 79.4 Å². The second kappa shape index (κ2) is 10.9. The highest BCUT2D eigenvalue weighted by molar-refractivity contribution is 5.47. The first-order chi connectivity index (χ1) is 12.8. The van der Waals surface area contributed by atoms with Crippen LogP contribution < -0.4 is 0 Å². The van der Waals surface area contributed by atoms with Gasteiger partial charge in [-0.1, -0.05) is 51.1 Å². The molecule has 1 aromatic carbocycles. The number of phenols is 1. The van der Waals surface area contributed by atoms with Crippen molar-refractivity contribution < 1.29 is 5.11 Å². The Morgan fingerprint density at radius 2 is 1.26 bits per heavy atom. The molecule has 148 valence electrons. The molecular formula is C24H36N2O. The maximum absolute atomic E-state index is 11.0. The summed E-state index contributed by atoms with van der Waals surface area (Å²) in [7, 11) is 0. The molecule has 0 aromatic heterocycles. The van der Waals surface area contributed by atoms with E-state index in [-0.39, 0.29) is 5.41 Å². The monoisotopic (exact) mass is 368 g/mol. The molecule has 0 radical (unpaired) electrons. The predicted molar refractivity (Wildman–Crippen MR) is 118 cm³/mol. The first-order valence-electron chi connectivity index (χ1n) is 9.50. The van der Waals surface area contributed by atoms with Crippen molar-refractivity contribution >= 4 is 0 Å². The summed E-state index contributed by atoms with van der Waals surface area (Å²) in [5, 5.41) is 11.0. The van der Waals surface area contributed by atoms with E-state index >= 15 is 0 Å². The average Bonchev–Trinajstić information content (AvgIpc) is 2.57. The Morgan fingerprint density at radius 1 is 0.815 bits per heavy atom. The zero-order chi connectivity index (χ0) is 20.4. The van der Waals surface area contributed by atoms with Gasteiger partial charge in [-0.25, -0.2) is 0 Å². The van der Waals surface area contributed by atoms with Crippen molar-refractivity contribution in [2.75, 3.05) is 26.2 Å². The lowest BCUT2D eigenvalue weighted by atomic mass is 9.84. The molecule has 0 amide bonds. The fraction of sp³-hybridized carbons (Fsp3) is 0.417. The molecule has 1 aromatic rings. The Kier molecular flexibility index (Phi) is 9.27. The van der Waals surface area contributed by atoms with Crippen LogP contribution in [-0.2, 0) is 18.5 Å². The highest BCUT2D eigenvalue weighted by Gasteiger charge is 2.22. The van der Waals surface area contributed by atoms with E-state index in [1.54, 1.807) is 0 Å². The van der Waals surface area contributed by atoms with Crippen molar-refractivity contribution in [2.45, 2.75) is 39.3 Å². The van der Waals surface area contributed by atoms with Gasteiger partial charge in [0.1, 0.15) is 5.75 Å². The number of hydrogen-bond donors (Lipinski definition) is 1. The van der Waals surface area contributed by atoms with E-state index in [1.165, 1.54) is 5.56 Å². The molecule has 0 saturated carbocycles. The van der Waals surface area contributed by atoms with Crippen LogP contribution in [0.2, 0.25) is 0 Å². The maximum atomic E-state index is 11.0. The smallest absolute Gasteiger partial charge is 0.123 e. The molecule has 0 aliphatic rings. The average molecular weight is 369 g/mol. The predicted octanol–water partition coefficient (Wildman–Crippen LogP) is 5.04. The molecule has 0 atom stereocenters. The van der Waals surface area contributed by atoms with Crippen LogP contribution in [0.15, 0.2) is 62.8 Å². The van der Waals surface area contributed by atoms with Gasteiger partial charge in [-0.15, -0.1) is 26.3 Å². The Bertz CT molecular complexity index is 635. The van der Waals surface area contributed by atoms with Crippen LogP contribution in [0.4, 0.5) is 0 Å². The highest BCUT2D eigenvalue weighted by atomic mass is 16.3.